The molecular formula is C75H128O6. The number of carbonyl (C=O) groups is 3. The van der Waals surface area contributed by atoms with E-state index in [1.807, 2.05) is 0 Å². The van der Waals surface area contributed by atoms with Gasteiger partial charge in [-0.05, 0) is 89.9 Å². The van der Waals surface area contributed by atoms with Crippen LogP contribution >= 0.6 is 0 Å². The Morgan fingerprint density at radius 1 is 0.259 bits per heavy atom. The smallest absolute Gasteiger partial charge is 0.306 e. The maximum Gasteiger partial charge on any atom is 0.306 e. The fourth-order valence-corrected chi connectivity index (χ4v) is 9.67. The summed E-state index contributed by atoms with van der Waals surface area (Å²) < 4.78 is 16.9. The van der Waals surface area contributed by atoms with Crippen LogP contribution < -0.4 is 0 Å². The third-order valence-corrected chi connectivity index (χ3v) is 14.8. The van der Waals surface area contributed by atoms with Gasteiger partial charge in [0.1, 0.15) is 13.2 Å². The van der Waals surface area contributed by atoms with Crippen LogP contribution in [0.4, 0.5) is 0 Å². The SMILES string of the molecule is CC/C=C\C/C=C\C/C=C\C/C=C\C/C=C\C/C=C\C/C=C\C/C=C\C/C=C\CCCCCC(=O)OCC(COC(=O)CCCCCCCCCCCCCCCCC)OC(=O)CCCCCCCCCCCCCCCCCCC. The molecule has 0 aromatic heterocycles. The molecule has 6 nitrogen and oxygen atoms in total. The van der Waals surface area contributed by atoms with Gasteiger partial charge in [0.15, 0.2) is 6.10 Å². The highest BCUT2D eigenvalue weighted by Crippen LogP contribution is 2.17. The van der Waals surface area contributed by atoms with Crippen molar-refractivity contribution in [2.24, 2.45) is 0 Å². The van der Waals surface area contributed by atoms with E-state index < -0.39 is 6.10 Å². The normalized spacial score (nSPS) is 12.8. The summed E-state index contributed by atoms with van der Waals surface area (Å²) in [4.78, 5) is 38.4. The van der Waals surface area contributed by atoms with Gasteiger partial charge in [0, 0.05) is 19.3 Å². The number of hydrogen-bond acceptors (Lipinski definition) is 6. The minimum Gasteiger partial charge on any atom is -0.462 e. The van der Waals surface area contributed by atoms with E-state index in [1.165, 1.54) is 167 Å². The summed E-state index contributed by atoms with van der Waals surface area (Å²) in [6.45, 7) is 6.54. The fraction of sp³-hybridized carbons (Fsp3) is 0.720. The van der Waals surface area contributed by atoms with E-state index in [0.29, 0.717) is 19.3 Å². The summed E-state index contributed by atoms with van der Waals surface area (Å²) in [5, 5.41) is 0. The summed E-state index contributed by atoms with van der Waals surface area (Å²) in [6, 6.07) is 0. The van der Waals surface area contributed by atoms with Crippen LogP contribution in [0.15, 0.2) is 109 Å². The molecule has 0 rings (SSSR count). The molecule has 0 spiro atoms. The minimum absolute atomic E-state index is 0.0844. The van der Waals surface area contributed by atoms with Crippen molar-refractivity contribution in [2.75, 3.05) is 13.2 Å². The summed E-state index contributed by atoms with van der Waals surface area (Å²) in [5.74, 6) is -0.903. The van der Waals surface area contributed by atoms with Crippen LogP contribution in [0.5, 0.6) is 0 Å². The zero-order valence-electron chi connectivity index (χ0n) is 53.3. The van der Waals surface area contributed by atoms with E-state index in [2.05, 4.69) is 130 Å². The molecule has 464 valence electrons. The molecule has 1 unspecified atom stereocenters. The van der Waals surface area contributed by atoms with Crippen molar-refractivity contribution < 1.29 is 28.6 Å². The Balaban J connectivity index is 4.37. The number of rotatable bonds is 62. The van der Waals surface area contributed by atoms with E-state index >= 15 is 0 Å². The van der Waals surface area contributed by atoms with Crippen molar-refractivity contribution in [3.8, 4) is 0 Å². The van der Waals surface area contributed by atoms with Gasteiger partial charge in [0.05, 0.1) is 0 Å². The monoisotopic (exact) mass is 1120 g/mol. The van der Waals surface area contributed by atoms with E-state index in [9.17, 15) is 14.4 Å². The predicted molar refractivity (Wildman–Crippen MR) is 353 cm³/mol. The Morgan fingerprint density at radius 3 is 0.753 bits per heavy atom. The molecule has 0 saturated heterocycles. The third kappa shape index (κ3) is 66.8. The van der Waals surface area contributed by atoms with Crippen LogP contribution in [0, 0.1) is 0 Å². The standard InChI is InChI=1S/C75H128O6/c1-4-7-10-13-16-19-22-25-28-30-31-32-33-34-35-36-37-38-39-40-41-42-43-45-47-50-53-56-59-62-65-68-74(77)80-71-72(70-79-73(76)67-64-61-58-55-52-49-46-27-24-21-18-15-12-9-6-3)81-75(78)69-66-63-60-57-54-51-48-44-29-26-23-20-17-14-11-8-5-2/h7,10,16,19,25,28,31-32,34-35,37-38,40-41,43,45,50,53,72H,4-6,8-9,11-15,17-18,20-24,26-27,29-30,33,36,39,42,44,46-49,51-52,54-71H2,1-3H3/b10-7-,19-16-,28-25-,32-31-,35-34-,38-37-,41-40-,45-43-,53-50-. The lowest BCUT2D eigenvalue weighted by atomic mass is 10.0. The van der Waals surface area contributed by atoms with Crippen molar-refractivity contribution in [1.82, 2.24) is 0 Å². The molecule has 0 bridgehead atoms. The second kappa shape index (κ2) is 68.6. The van der Waals surface area contributed by atoms with Crippen molar-refractivity contribution in [2.45, 2.75) is 335 Å². The molecule has 1 atom stereocenters. The lowest BCUT2D eigenvalue weighted by Gasteiger charge is -2.18. The Kier molecular flexibility index (Phi) is 65.2. The Labute approximate surface area is 501 Å². The lowest BCUT2D eigenvalue weighted by molar-refractivity contribution is -0.167. The molecule has 6 heteroatoms. The van der Waals surface area contributed by atoms with Gasteiger partial charge in [-0.25, -0.2) is 0 Å². The largest absolute Gasteiger partial charge is 0.462 e. The lowest BCUT2D eigenvalue weighted by Crippen LogP contribution is -2.30. The van der Waals surface area contributed by atoms with Gasteiger partial charge in [-0.1, -0.05) is 329 Å². The first-order valence-corrected chi connectivity index (χ1v) is 34.4. The van der Waals surface area contributed by atoms with Crippen molar-refractivity contribution in [3.05, 3.63) is 109 Å². The quantitative estimate of drug-likeness (QED) is 0.0261. The van der Waals surface area contributed by atoms with E-state index in [4.69, 9.17) is 14.2 Å². The van der Waals surface area contributed by atoms with Gasteiger partial charge < -0.3 is 14.2 Å². The first-order chi connectivity index (χ1) is 40.0. The molecule has 0 saturated carbocycles. The van der Waals surface area contributed by atoms with Gasteiger partial charge >= 0.3 is 17.9 Å². The molecule has 0 aliphatic heterocycles. The predicted octanol–water partition coefficient (Wildman–Crippen LogP) is 23.8. The number of esters is 3. The fourth-order valence-electron chi connectivity index (χ4n) is 9.67. The number of unbranched alkanes of at least 4 members (excludes halogenated alkanes) is 33. The van der Waals surface area contributed by atoms with Crippen molar-refractivity contribution in [3.63, 3.8) is 0 Å². The average molecular weight is 1130 g/mol. The van der Waals surface area contributed by atoms with Gasteiger partial charge in [0.2, 0.25) is 0 Å². The molecule has 0 heterocycles. The molecular weight excluding hydrogens is 997 g/mol. The van der Waals surface area contributed by atoms with Crippen LogP contribution in [0.25, 0.3) is 0 Å². The van der Waals surface area contributed by atoms with Gasteiger partial charge in [-0.15, -0.1) is 0 Å². The zero-order chi connectivity index (χ0) is 58.5. The molecule has 0 aromatic carbocycles. The molecule has 0 aromatic rings. The molecule has 81 heavy (non-hydrogen) atoms. The van der Waals surface area contributed by atoms with E-state index in [0.717, 1.165) is 122 Å². The van der Waals surface area contributed by atoms with Gasteiger partial charge in [-0.3, -0.25) is 14.4 Å². The molecule has 0 radical (unpaired) electrons. The highest BCUT2D eigenvalue weighted by atomic mass is 16.6. The molecule has 0 amide bonds. The molecule has 0 aliphatic rings. The van der Waals surface area contributed by atoms with Crippen LogP contribution in [-0.4, -0.2) is 37.2 Å². The van der Waals surface area contributed by atoms with Gasteiger partial charge in [0.25, 0.3) is 0 Å². The maximum absolute atomic E-state index is 12.9. The Hall–Kier alpha value is -3.93. The van der Waals surface area contributed by atoms with Crippen molar-refractivity contribution in [1.29, 1.82) is 0 Å². The number of allylic oxidation sites excluding steroid dienone is 18. The Morgan fingerprint density at radius 2 is 0.481 bits per heavy atom. The Bertz CT molecular complexity index is 1620. The van der Waals surface area contributed by atoms with Crippen LogP contribution in [0.1, 0.15) is 329 Å². The summed E-state index contributed by atoms with van der Waals surface area (Å²) in [7, 11) is 0. The number of carbonyl (C=O) groups excluding carboxylic acids is 3. The second-order valence-corrected chi connectivity index (χ2v) is 22.7. The molecule has 0 aliphatic carbocycles. The highest BCUT2D eigenvalue weighted by Gasteiger charge is 2.19. The number of ether oxygens (including phenoxy) is 3. The first kappa shape index (κ1) is 77.1. The third-order valence-electron chi connectivity index (χ3n) is 14.8. The summed E-state index contributed by atoms with van der Waals surface area (Å²) >= 11 is 0. The molecule has 0 N–H and O–H groups in total. The minimum atomic E-state index is -0.791. The van der Waals surface area contributed by atoms with Crippen molar-refractivity contribution >= 4 is 17.9 Å². The highest BCUT2D eigenvalue weighted by molar-refractivity contribution is 5.71. The average Bonchev–Trinajstić information content (AvgIpc) is 3.47. The zero-order valence-corrected chi connectivity index (χ0v) is 53.3. The first-order valence-electron chi connectivity index (χ1n) is 34.4. The number of hydrogen-bond donors (Lipinski definition) is 0. The van der Waals surface area contributed by atoms with Crippen LogP contribution in [0.2, 0.25) is 0 Å². The second-order valence-electron chi connectivity index (χ2n) is 22.7. The van der Waals surface area contributed by atoms with Gasteiger partial charge in [-0.2, -0.15) is 0 Å². The van der Waals surface area contributed by atoms with Crippen LogP contribution in [-0.2, 0) is 28.6 Å². The van der Waals surface area contributed by atoms with Crippen LogP contribution in [0.3, 0.4) is 0 Å². The summed E-state index contributed by atoms with van der Waals surface area (Å²) in [6.07, 6.45) is 93.9. The summed E-state index contributed by atoms with van der Waals surface area (Å²) in [5.41, 5.74) is 0. The molecule has 0 fully saturated rings. The topological polar surface area (TPSA) is 78.9 Å². The van der Waals surface area contributed by atoms with E-state index in [-0.39, 0.29) is 31.1 Å². The van der Waals surface area contributed by atoms with E-state index in [1.54, 1.807) is 0 Å². The maximum atomic E-state index is 12.9.